The smallest absolute Gasteiger partial charge is 0.0354 e. The van der Waals surface area contributed by atoms with Crippen LogP contribution in [0.15, 0.2) is 12.2 Å². The van der Waals surface area contributed by atoms with Crippen LogP contribution < -0.4 is 0 Å². The Morgan fingerprint density at radius 1 is 1.12 bits per heavy atom. The number of hydrogen-bond acceptors (Lipinski definition) is 0. The third-order valence-electron chi connectivity index (χ3n) is 2.44. The highest BCUT2D eigenvalue weighted by Crippen LogP contribution is 2.27. The third kappa shape index (κ3) is 19.3. The zero-order valence-corrected chi connectivity index (χ0v) is 13.0. The molecule has 0 saturated heterocycles. The summed E-state index contributed by atoms with van der Waals surface area (Å²) in [5.41, 5.74) is 1.76. The lowest BCUT2D eigenvalue weighted by atomic mass is 9.82. The molecule has 0 amide bonds. The Balaban J connectivity index is 0. The van der Waals surface area contributed by atoms with Crippen LogP contribution in [0.5, 0.6) is 0 Å². The summed E-state index contributed by atoms with van der Waals surface area (Å²) in [6.07, 6.45) is 3.84. The van der Waals surface area contributed by atoms with Crippen molar-refractivity contribution < 1.29 is 0 Å². The van der Waals surface area contributed by atoms with Crippen molar-refractivity contribution in [1.82, 2.24) is 0 Å². The van der Waals surface area contributed by atoms with Crippen LogP contribution in [0.4, 0.5) is 0 Å². The maximum Gasteiger partial charge on any atom is -0.0354 e. The second-order valence-corrected chi connectivity index (χ2v) is 6.81. The molecule has 1 unspecified atom stereocenters. The molecule has 0 aromatic carbocycles. The standard InChI is InChI=1S/C11H24.C5H10/c1-9(2)7-10(3)8-11(4,5)6;1-4-5(2)3/h9-10H,7-8H2,1-6H3;2,4H2,1,3H3. The fourth-order valence-electron chi connectivity index (χ4n) is 1.93. The van der Waals surface area contributed by atoms with E-state index in [1.807, 2.05) is 6.92 Å². The van der Waals surface area contributed by atoms with Crippen LogP contribution in [-0.4, -0.2) is 0 Å². The van der Waals surface area contributed by atoms with E-state index in [0.717, 1.165) is 18.3 Å². The second-order valence-electron chi connectivity index (χ2n) is 6.81. The van der Waals surface area contributed by atoms with Crippen LogP contribution in [0.3, 0.4) is 0 Å². The minimum atomic E-state index is 0.508. The first-order valence-electron chi connectivity index (χ1n) is 6.72. The van der Waals surface area contributed by atoms with Crippen molar-refractivity contribution in [2.75, 3.05) is 0 Å². The van der Waals surface area contributed by atoms with E-state index in [1.54, 1.807) is 0 Å². The molecule has 0 aromatic heterocycles. The monoisotopic (exact) mass is 226 g/mol. The molecule has 0 aliphatic carbocycles. The van der Waals surface area contributed by atoms with Crippen LogP contribution in [0.1, 0.15) is 74.7 Å². The molecule has 0 N–H and O–H groups in total. The van der Waals surface area contributed by atoms with Crippen molar-refractivity contribution in [3.8, 4) is 0 Å². The summed E-state index contributed by atoms with van der Waals surface area (Å²) >= 11 is 0. The predicted molar refractivity (Wildman–Crippen MR) is 77.8 cm³/mol. The Labute approximate surface area is 105 Å². The summed E-state index contributed by atoms with van der Waals surface area (Å²) in [6.45, 7) is 21.7. The topological polar surface area (TPSA) is 0 Å². The maximum absolute atomic E-state index is 3.67. The van der Waals surface area contributed by atoms with Crippen LogP contribution in [0.25, 0.3) is 0 Å². The first-order chi connectivity index (χ1) is 7.08. The van der Waals surface area contributed by atoms with Gasteiger partial charge in [-0.25, -0.2) is 0 Å². The number of rotatable bonds is 4. The van der Waals surface area contributed by atoms with Crippen molar-refractivity contribution in [2.24, 2.45) is 17.3 Å². The van der Waals surface area contributed by atoms with Crippen LogP contribution >= 0.6 is 0 Å². The zero-order chi connectivity index (χ0) is 13.4. The maximum atomic E-state index is 3.67. The molecule has 0 bridgehead atoms. The summed E-state index contributed by atoms with van der Waals surface area (Å²) in [4.78, 5) is 0. The average molecular weight is 226 g/mol. The Hall–Kier alpha value is -0.260. The van der Waals surface area contributed by atoms with Gasteiger partial charge in [0.2, 0.25) is 0 Å². The molecule has 98 valence electrons. The predicted octanol–water partition coefficient (Wildman–Crippen LogP) is 6.08. The summed E-state index contributed by atoms with van der Waals surface area (Å²) in [5.74, 6) is 1.74. The number of hydrogen-bond donors (Lipinski definition) is 0. The van der Waals surface area contributed by atoms with E-state index in [-0.39, 0.29) is 0 Å². The Bertz CT molecular complexity index is 169. The fraction of sp³-hybridized carbons (Fsp3) is 0.875. The zero-order valence-electron chi connectivity index (χ0n) is 13.0. The molecule has 0 rings (SSSR count). The molecule has 0 nitrogen and oxygen atoms in total. The SMILES string of the molecule is C=C(C)CC.CC(C)CC(C)CC(C)(C)C. The van der Waals surface area contributed by atoms with Crippen molar-refractivity contribution in [2.45, 2.75) is 74.7 Å². The molecule has 0 fully saturated rings. The lowest BCUT2D eigenvalue weighted by molar-refractivity contribution is 0.278. The van der Waals surface area contributed by atoms with Crippen LogP contribution in [0.2, 0.25) is 0 Å². The van der Waals surface area contributed by atoms with E-state index in [9.17, 15) is 0 Å². The van der Waals surface area contributed by atoms with Gasteiger partial charge in [0.25, 0.3) is 0 Å². The molecule has 0 spiro atoms. The molecule has 1 atom stereocenters. The second kappa shape index (κ2) is 8.84. The van der Waals surface area contributed by atoms with E-state index in [1.165, 1.54) is 18.4 Å². The first-order valence-corrected chi connectivity index (χ1v) is 6.72. The average Bonchev–Trinajstić information content (AvgIpc) is 1.99. The van der Waals surface area contributed by atoms with Gasteiger partial charge >= 0.3 is 0 Å². The minimum Gasteiger partial charge on any atom is -0.100 e. The van der Waals surface area contributed by atoms with Gasteiger partial charge in [0, 0.05) is 0 Å². The number of allylic oxidation sites excluding steroid dienone is 1. The Morgan fingerprint density at radius 3 is 1.69 bits per heavy atom. The molecule has 0 aliphatic rings. The van der Waals surface area contributed by atoms with Gasteiger partial charge < -0.3 is 0 Å². The lowest BCUT2D eigenvalue weighted by Crippen LogP contribution is -2.12. The summed E-state index contributed by atoms with van der Waals surface area (Å²) in [6, 6.07) is 0. The van der Waals surface area contributed by atoms with Crippen molar-refractivity contribution in [3.63, 3.8) is 0 Å². The molecule has 0 radical (unpaired) electrons. The van der Waals surface area contributed by atoms with Crippen LogP contribution in [0, 0.1) is 17.3 Å². The van der Waals surface area contributed by atoms with E-state index in [4.69, 9.17) is 0 Å². The summed E-state index contributed by atoms with van der Waals surface area (Å²) in [5, 5.41) is 0. The third-order valence-corrected chi connectivity index (χ3v) is 2.44. The summed E-state index contributed by atoms with van der Waals surface area (Å²) < 4.78 is 0. The van der Waals surface area contributed by atoms with Gasteiger partial charge in [-0.15, -0.1) is 6.58 Å². The van der Waals surface area contributed by atoms with Gasteiger partial charge in [-0.2, -0.15) is 0 Å². The van der Waals surface area contributed by atoms with Gasteiger partial charge in [-0.1, -0.05) is 54.0 Å². The molecule has 0 aromatic rings. The highest BCUT2D eigenvalue weighted by Gasteiger charge is 2.15. The molecule has 0 heterocycles. The molecule has 16 heavy (non-hydrogen) atoms. The molecule has 0 heteroatoms. The van der Waals surface area contributed by atoms with Crippen molar-refractivity contribution >= 4 is 0 Å². The lowest BCUT2D eigenvalue weighted by Gasteiger charge is -2.24. The summed E-state index contributed by atoms with van der Waals surface area (Å²) in [7, 11) is 0. The first kappa shape index (κ1) is 18.1. The Morgan fingerprint density at radius 2 is 1.50 bits per heavy atom. The van der Waals surface area contributed by atoms with E-state index in [0.29, 0.717) is 5.41 Å². The highest BCUT2D eigenvalue weighted by atomic mass is 14.2. The van der Waals surface area contributed by atoms with Gasteiger partial charge in [0.05, 0.1) is 0 Å². The van der Waals surface area contributed by atoms with Crippen LogP contribution in [-0.2, 0) is 0 Å². The fourth-order valence-corrected chi connectivity index (χ4v) is 1.93. The quantitative estimate of drug-likeness (QED) is 0.510. The molecule has 0 aliphatic heterocycles. The largest absolute Gasteiger partial charge is 0.100 e. The van der Waals surface area contributed by atoms with E-state index < -0.39 is 0 Å². The van der Waals surface area contributed by atoms with E-state index >= 15 is 0 Å². The molecular formula is C16H34. The highest BCUT2D eigenvalue weighted by molar-refractivity contribution is 4.84. The van der Waals surface area contributed by atoms with Gasteiger partial charge in [-0.05, 0) is 43.4 Å². The van der Waals surface area contributed by atoms with Crippen molar-refractivity contribution in [1.29, 1.82) is 0 Å². The van der Waals surface area contributed by atoms with Gasteiger partial charge in [-0.3, -0.25) is 0 Å². The van der Waals surface area contributed by atoms with Crippen molar-refractivity contribution in [3.05, 3.63) is 12.2 Å². The molecule has 0 saturated carbocycles. The minimum absolute atomic E-state index is 0.508. The normalized spacial score (nSPS) is 13.1. The van der Waals surface area contributed by atoms with Gasteiger partial charge in [0.1, 0.15) is 0 Å². The van der Waals surface area contributed by atoms with E-state index in [2.05, 4.69) is 55.0 Å². The van der Waals surface area contributed by atoms with Gasteiger partial charge in [0.15, 0.2) is 0 Å². The Kier molecular flexibility index (Phi) is 10.0. The molecular weight excluding hydrogens is 192 g/mol.